The summed E-state index contributed by atoms with van der Waals surface area (Å²) >= 11 is 0. The minimum atomic E-state index is -0.213. The van der Waals surface area contributed by atoms with E-state index in [4.69, 9.17) is 9.47 Å². The summed E-state index contributed by atoms with van der Waals surface area (Å²) < 4.78 is 10.6. The summed E-state index contributed by atoms with van der Waals surface area (Å²) in [5, 5.41) is 17.5. The molecule has 1 aliphatic carbocycles. The van der Waals surface area contributed by atoms with Gasteiger partial charge in [0.1, 0.15) is 5.75 Å². The van der Waals surface area contributed by atoms with Crippen LogP contribution in [0.3, 0.4) is 0 Å². The lowest BCUT2D eigenvalue weighted by atomic mass is 9.85. The third-order valence-corrected chi connectivity index (χ3v) is 5.67. The number of rotatable bonds is 7. The van der Waals surface area contributed by atoms with E-state index in [1.54, 1.807) is 20.4 Å². The molecule has 1 amide bonds. The second kappa shape index (κ2) is 9.13. The van der Waals surface area contributed by atoms with E-state index in [0.717, 1.165) is 41.1 Å². The molecule has 1 fully saturated rings. The Morgan fingerprint density at radius 1 is 1.13 bits per heavy atom. The Morgan fingerprint density at radius 2 is 1.90 bits per heavy atom. The van der Waals surface area contributed by atoms with Crippen LogP contribution in [0.5, 0.6) is 5.75 Å². The van der Waals surface area contributed by atoms with Crippen LogP contribution >= 0.6 is 0 Å². The molecule has 3 N–H and O–H groups in total. The smallest absolute Gasteiger partial charge is 0.260 e. The summed E-state index contributed by atoms with van der Waals surface area (Å²) in [7, 11) is 3.25. The van der Waals surface area contributed by atoms with Crippen molar-refractivity contribution in [3.8, 4) is 16.9 Å². The fraction of sp³-hybridized carbons (Fsp3) is 0.409. The fourth-order valence-corrected chi connectivity index (χ4v) is 4.14. The Hall–Kier alpha value is -3.13. The van der Waals surface area contributed by atoms with Crippen LogP contribution in [0.4, 0.5) is 5.82 Å². The van der Waals surface area contributed by atoms with Crippen molar-refractivity contribution in [1.29, 1.82) is 0 Å². The highest BCUT2D eigenvalue weighted by Crippen LogP contribution is 2.35. The highest BCUT2D eigenvalue weighted by Gasteiger charge is 2.25. The molecule has 8 heteroatoms. The molecule has 2 aromatic heterocycles. The van der Waals surface area contributed by atoms with E-state index in [1.807, 2.05) is 24.3 Å². The van der Waals surface area contributed by atoms with E-state index in [1.165, 1.54) is 19.3 Å². The molecular formula is C22H27N5O3. The maximum atomic E-state index is 13.1. The molecule has 1 aliphatic rings. The predicted molar refractivity (Wildman–Crippen MR) is 114 cm³/mol. The quantitative estimate of drug-likeness (QED) is 0.541. The molecule has 0 unspecified atom stereocenters. The second-order valence-corrected chi connectivity index (χ2v) is 7.57. The first-order valence-corrected chi connectivity index (χ1v) is 10.3. The Kier molecular flexibility index (Phi) is 6.13. The second-order valence-electron chi connectivity index (χ2n) is 7.57. The Labute approximate surface area is 175 Å². The molecule has 3 aromatic rings. The van der Waals surface area contributed by atoms with Crippen molar-refractivity contribution in [2.75, 3.05) is 19.5 Å². The number of hydrogen-bond acceptors (Lipinski definition) is 5. The zero-order valence-electron chi connectivity index (χ0n) is 17.3. The largest absolute Gasteiger partial charge is 0.497 e. The average Bonchev–Trinajstić information content (AvgIpc) is 3.42. The number of amides is 1. The maximum Gasteiger partial charge on any atom is 0.260 e. The van der Waals surface area contributed by atoms with Crippen molar-refractivity contribution < 1.29 is 14.3 Å². The number of H-pyrrole nitrogens is 2. The van der Waals surface area contributed by atoms with Crippen molar-refractivity contribution in [3.63, 3.8) is 0 Å². The van der Waals surface area contributed by atoms with Crippen LogP contribution < -0.4 is 10.1 Å². The van der Waals surface area contributed by atoms with Gasteiger partial charge in [-0.2, -0.15) is 10.2 Å². The summed E-state index contributed by atoms with van der Waals surface area (Å²) in [4.78, 5) is 13.1. The van der Waals surface area contributed by atoms with Gasteiger partial charge < -0.3 is 14.8 Å². The molecule has 0 radical (unpaired) electrons. The lowest BCUT2D eigenvalue weighted by Crippen LogP contribution is -2.16. The lowest BCUT2D eigenvalue weighted by Gasteiger charge is -2.21. The van der Waals surface area contributed by atoms with Gasteiger partial charge in [-0.15, -0.1) is 0 Å². The van der Waals surface area contributed by atoms with Crippen LogP contribution in [-0.4, -0.2) is 40.5 Å². The number of methoxy groups -OCH3 is 2. The van der Waals surface area contributed by atoms with E-state index in [9.17, 15) is 4.79 Å². The summed E-state index contributed by atoms with van der Waals surface area (Å²) in [5.74, 6) is 1.37. The van der Waals surface area contributed by atoms with Gasteiger partial charge in [0.05, 0.1) is 36.9 Å². The minimum absolute atomic E-state index is 0.213. The third-order valence-electron chi connectivity index (χ3n) is 5.67. The zero-order chi connectivity index (χ0) is 20.9. The van der Waals surface area contributed by atoms with E-state index < -0.39 is 0 Å². The number of carbonyl (C=O) groups excluding carboxylic acids is 1. The van der Waals surface area contributed by atoms with Crippen molar-refractivity contribution in [2.45, 2.75) is 44.6 Å². The summed E-state index contributed by atoms with van der Waals surface area (Å²) in [5.41, 5.74) is 4.00. The molecule has 0 bridgehead atoms. The average molecular weight is 409 g/mol. The van der Waals surface area contributed by atoms with Gasteiger partial charge in [0.15, 0.2) is 5.82 Å². The molecule has 1 saturated carbocycles. The van der Waals surface area contributed by atoms with Gasteiger partial charge in [-0.3, -0.25) is 15.0 Å². The number of carbonyl (C=O) groups is 1. The van der Waals surface area contributed by atoms with Gasteiger partial charge in [0.2, 0.25) is 0 Å². The van der Waals surface area contributed by atoms with Gasteiger partial charge in [0.25, 0.3) is 5.91 Å². The number of benzene rings is 1. The fourth-order valence-electron chi connectivity index (χ4n) is 4.14. The Morgan fingerprint density at radius 3 is 2.60 bits per heavy atom. The Balaban J connectivity index is 1.62. The number of aromatic amines is 2. The summed E-state index contributed by atoms with van der Waals surface area (Å²) in [6, 6.07) is 7.62. The molecule has 2 heterocycles. The zero-order valence-corrected chi connectivity index (χ0v) is 17.3. The van der Waals surface area contributed by atoms with Crippen LogP contribution in [0.15, 0.2) is 30.5 Å². The molecule has 1 aromatic carbocycles. The molecule has 0 saturated heterocycles. The molecule has 8 nitrogen and oxygen atoms in total. The van der Waals surface area contributed by atoms with Gasteiger partial charge in [0, 0.05) is 18.6 Å². The topological polar surface area (TPSA) is 105 Å². The molecule has 4 rings (SSSR count). The summed E-state index contributed by atoms with van der Waals surface area (Å²) in [6.07, 6.45) is 7.40. The van der Waals surface area contributed by atoms with E-state index in [2.05, 4.69) is 25.7 Å². The lowest BCUT2D eigenvalue weighted by molar-refractivity contribution is 0.102. The van der Waals surface area contributed by atoms with E-state index >= 15 is 0 Å². The number of nitrogens with one attached hydrogen (secondary N) is 3. The molecule has 0 spiro atoms. The molecule has 30 heavy (non-hydrogen) atoms. The third kappa shape index (κ3) is 4.09. The van der Waals surface area contributed by atoms with Crippen LogP contribution in [0, 0.1) is 0 Å². The van der Waals surface area contributed by atoms with Crippen LogP contribution in [0.1, 0.15) is 59.8 Å². The molecular weight excluding hydrogens is 382 g/mol. The normalized spacial score (nSPS) is 14.6. The van der Waals surface area contributed by atoms with E-state index in [0.29, 0.717) is 23.9 Å². The maximum absolute atomic E-state index is 13.1. The number of anilines is 1. The van der Waals surface area contributed by atoms with Crippen molar-refractivity contribution in [3.05, 3.63) is 47.4 Å². The van der Waals surface area contributed by atoms with Crippen LogP contribution in [0.25, 0.3) is 11.1 Å². The van der Waals surface area contributed by atoms with Gasteiger partial charge in [-0.05, 0) is 30.5 Å². The van der Waals surface area contributed by atoms with Gasteiger partial charge >= 0.3 is 0 Å². The highest BCUT2D eigenvalue weighted by atomic mass is 16.5. The van der Waals surface area contributed by atoms with Crippen molar-refractivity contribution in [1.82, 2.24) is 20.4 Å². The van der Waals surface area contributed by atoms with Crippen LogP contribution in [-0.2, 0) is 11.3 Å². The molecule has 0 atom stereocenters. The standard InChI is InChI=1S/C22H27N5O3/c1-29-13-18-19(14-8-10-16(30-2)11-9-14)21(27-25-18)24-22(28)17-12-23-26-20(17)15-6-4-3-5-7-15/h8-12,15H,3-7,13H2,1-2H3,(H,23,26)(H2,24,25,27,28). The van der Waals surface area contributed by atoms with Gasteiger partial charge in [-0.1, -0.05) is 31.4 Å². The monoisotopic (exact) mass is 409 g/mol. The molecule has 0 aliphatic heterocycles. The van der Waals surface area contributed by atoms with Crippen molar-refractivity contribution >= 4 is 11.7 Å². The SMILES string of the molecule is COCc1[nH]nc(NC(=O)c2cn[nH]c2C2CCCCC2)c1-c1ccc(OC)cc1. The number of nitrogens with zero attached hydrogens (tertiary/aromatic N) is 2. The van der Waals surface area contributed by atoms with Crippen molar-refractivity contribution in [2.24, 2.45) is 0 Å². The first kappa shape index (κ1) is 20.2. The number of aromatic nitrogens is 4. The predicted octanol–water partition coefficient (Wildman–Crippen LogP) is 4.25. The highest BCUT2D eigenvalue weighted by molar-refractivity contribution is 6.06. The minimum Gasteiger partial charge on any atom is -0.497 e. The van der Waals surface area contributed by atoms with Crippen LogP contribution in [0.2, 0.25) is 0 Å². The first-order chi connectivity index (χ1) is 14.7. The molecule has 158 valence electrons. The summed E-state index contributed by atoms with van der Waals surface area (Å²) in [6.45, 7) is 0.350. The first-order valence-electron chi connectivity index (χ1n) is 10.3. The van der Waals surface area contributed by atoms with E-state index in [-0.39, 0.29) is 5.91 Å². The number of ether oxygens (including phenoxy) is 2. The van der Waals surface area contributed by atoms with Gasteiger partial charge in [-0.25, -0.2) is 0 Å². The Bertz CT molecular complexity index is 987. The number of hydrogen-bond donors (Lipinski definition) is 3.